The molecule has 1 aliphatic rings. The van der Waals surface area contributed by atoms with Gasteiger partial charge in [-0.05, 0) is 18.8 Å². The first kappa shape index (κ1) is 13.8. The fourth-order valence-electron chi connectivity index (χ4n) is 2.54. The number of nitrogens with one attached hydrogen (secondary N) is 1. The average Bonchev–Trinajstić information content (AvgIpc) is 2.96. The Morgan fingerprint density at radius 1 is 1.37 bits per heavy atom. The summed E-state index contributed by atoms with van der Waals surface area (Å²) in [4.78, 5) is 19.3. The Labute approximate surface area is 113 Å². The molecule has 0 spiro atoms. The van der Waals surface area contributed by atoms with Crippen LogP contribution in [-0.4, -0.2) is 29.6 Å². The first-order chi connectivity index (χ1) is 9.29. The van der Waals surface area contributed by atoms with Crippen LogP contribution >= 0.6 is 0 Å². The molecule has 5 nitrogen and oxygen atoms in total. The van der Waals surface area contributed by atoms with E-state index in [1.54, 1.807) is 6.20 Å². The zero-order valence-corrected chi connectivity index (χ0v) is 11.4. The van der Waals surface area contributed by atoms with Crippen LogP contribution in [0, 0.1) is 5.92 Å². The van der Waals surface area contributed by atoms with Crippen LogP contribution in [0.25, 0.3) is 0 Å². The predicted molar refractivity (Wildman–Crippen MR) is 73.1 cm³/mol. The Balaban J connectivity index is 1.69. The van der Waals surface area contributed by atoms with Crippen molar-refractivity contribution in [1.82, 2.24) is 9.97 Å². The van der Waals surface area contributed by atoms with Gasteiger partial charge in [0.15, 0.2) is 5.69 Å². The number of ether oxygens (including phenoxy) is 1. The van der Waals surface area contributed by atoms with Gasteiger partial charge in [0.1, 0.15) is 5.82 Å². The summed E-state index contributed by atoms with van der Waals surface area (Å²) < 4.78 is 4.57. The topological polar surface area (TPSA) is 64.1 Å². The summed E-state index contributed by atoms with van der Waals surface area (Å²) >= 11 is 0. The fourth-order valence-corrected chi connectivity index (χ4v) is 2.54. The molecule has 0 bridgehead atoms. The van der Waals surface area contributed by atoms with Crippen LogP contribution in [0.15, 0.2) is 12.4 Å². The van der Waals surface area contributed by atoms with Crippen molar-refractivity contribution in [3.05, 3.63) is 18.1 Å². The van der Waals surface area contributed by atoms with Crippen LogP contribution in [0.1, 0.15) is 49.0 Å². The van der Waals surface area contributed by atoms with Crippen LogP contribution in [0.3, 0.4) is 0 Å². The van der Waals surface area contributed by atoms with Crippen molar-refractivity contribution in [1.29, 1.82) is 0 Å². The Hall–Kier alpha value is -1.65. The SMILES string of the molecule is COC(=O)c1cnc(NCCCC2CCCC2)cn1. The molecule has 2 rings (SSSR count). The van der Waals surface area contributed by atoms with E-state index in [0.717, 1.165) is 18.9 Å². The number of nitrogens with zero attached hydrogens (tertiary/aromatic N) is 2. The van der Waals surface area contributed by atoms with Gasteiger partial charge in [0.25, 0.3) is 0 Å². The van der Waals surface area contributed by atoms with Gasteiger partial charge >= 0.3 is 5.97 Å². The minimum Gasteiger partial charge on any atom is -0.464 e. The number of rotatable bonds is 6. The number of aromatic nitrogens is 2. The number of carbonyl (C=O) groups is 1. The molecule has 1 N–H and O–H groups in total. The highest BCUT2D eigenvalue weighted by molar-refractivity contribution is 5.86. The van der Waals surface area contributed by atoms with E-state index >= 15 is 0 Å². The van der Waals surface area contributed by atoms with Crippen LogP contribution in [0.4, 0.5) is 5.82 Å². The van der Waals surface area contributed by atoms with Crippen molar-refractivity contribution in [2.75, 3.05) is 19.0 Å². The molecule has 1 heterocycles. The number of methoxy groups -OCH3 is 1. The van der Waals surface area contributed by atoms with Crippen molar-refractivity contribution in [2.45, 2.75) is 38.5 Å². The van der Waals surface area contributed by atoms with Gasteiger partial charge in [-0.1, -0.05) is 25.7 Å². The summed E-state index contributed by atoms with van der Waals surface area (Å²) in [5.74, 6) is 1.17. The fraction of sp³-hybridized carbons (Fsp3) is 0.643. The zero-order chi connectivity index (χ0) is 13.5. The maximum absolute atomic E-state index is 11.2. The van der Waals surface area contributed by atoms with E-state index in [4.69, 9.17) is 0 Å². The molecule has 1 fully saturated rings. The number of anilines is 1. The highest BCUT2D eigenvalue weighted by Gasteiger charge is 2.14. The lowest BCUT2D eigenvalue weighted by atomic mass is 10.0. The minimum atomic E-state index is -0.458. The van der Waals surface area contributed by atoms with Gasteiger partial charge in [-0.15, -0.1) is 0 Å². The summed E-state index contributed by atoms with van der Waals surface area (Å²) in [7, 11) is 1.33. The first-order valence-corrected chi connectivity index (χ1v) is 6.94. The lowest BCUT2D eigenvalue weighted by molar-refractivity contribution is 0.0593. The molecule has 0 aliphatic heterocycles. The summed E-state index contributed by atoms with van der Waals surface area (Å²) in [6.07, 6.45) is 11.1. The lowest BCUT2D eigenvalue weighted by Crippen LogP contribution is -2.08. The molecule has 19 heavy (non-hydrogen) atoms. The Kier molecular flexibility index (Phi) is 5.12. The third-order valence-corrected chi connectivity index (χ3v) is 3.62. The van der Waals surface area contributed by atoms with Gasteiger partial charge < -0.3 is 10.1 Å². The Bertz CT molecular complexity index is 400. The largest absolute Gasteiger partial charge is 0.464 e. The van der Waals surface area contributed by atoms with Crippen LogP contribution in [-0.2, 0) is 4.74 Å². The standard InChI is InChI=1S/C14H21N3O2/c1-19-14(18)12-9-17-13(10-16-12)15-8-4-7-11-5-2-3-6-11/h9-11H,2-8H2,1H3,(H,15,17). The molecule has 1 saturated carbocycles. The van der Waals surface area contributed by atoms with Gasteiger partial charge in [-0.2, -0.15) is 0 Å². The molecule has 0 unspecified atom stereocenters. The molecule has 1 aromatic heterocycles. The quantitative estimate of drug-likeness (QED) is 0.631. The molecule has 104 valence electrons. The summed E-state index contributed by atoms with van der Waals surface area (Å²) in [6, 6.07) is 0. The van der Waals surface area contributed by atoms with Crippen molar-refractivity contribution >= 4 is 11.8 Å². The normalized spacial score (nSPS) is 15.4. The monoisotopic (exact) mass is 263 g/mol. The van der Waals surface area contributed by atoms with Crippen LogP contribution in [0.5, 0.6) is 0 Å². The molecule has 0 atom stereocenters. The number of carbonyl (C=O) groups excluding carboxylic acids is 1. The zero-order valence-electron chi connectivity index (χ0n) is 11.4. The number of esters is 1. The third-order valence-electron chi connectivity index (χ3n) is 3.62. The molecule has 0 saturated heterocycles. The van der Waals surface area contributed by atoms with Crippen molar-refractivity contribution in [2.24, 2.45) is 5.92 Å². The summed E-state index contributed by atoms with van der Waals surface area (Å²) in [5, 5.41) is 3.23. The lowest BCUT2D eigenvalue weighted by Gasteiger charge is -2.09. The van der Waals surface area contributed by atoms with Gasteiger partial charge in [0.2, 0.25) is 0 Å². The predicted octanol–water partition coefficient (Wildman–Crippen LogP) is 2.65. The minimum absolute atomic E-state index is 0.235. The maximum Gasteiger partial charge on any atom is 0.358 e. The van der Waals surface area contributed by atoms with E-state index in [2.05, 4.69) is 20.0 Å². The highest BCUT2D eigenvalue weighted by atomic mass is 16.5. The van der Waals surface area contributed by atoms with Gasteiger partial charge in [-0.3, -0.25) is 0 Å². The molecule has 1 aromatic rings. The average molecular weight is 263 g/mol. The molecule has 0 amide bonds. The van der Waals surface area contributed by atoms with Gasteiger partial charge in [-0.25, -0.2) is 14.8 Å². The number of hydrogen-bond acceptors (Lipinski definition) is 5. The van der Waals surface area contributed by atoms with E-state index in [1.165, 1.54) is 45.4 Å². The molecule has 1 aliphatic carbocycles. The molecule has 5 heteroatoms. The molecular formula is C14H21N3O2. The smallest absolute Gasteiger partial charge is 0.358 e. The van der Waals surface area contributed by atoms with E-state index in [9.17, 15) is 4.79 Å². The third kappa shape index (κ3) is 4.19. The van der Waals surface area contributed by atoms with E-state index < -0.39 is 5.97 Å². The van der Waals surface area contributed by atoms with E-state index in [1.807, 2.05) is 0 Å². The van der Waals surface area contributed by atoms with Gasteiger partial charge in [0, 0.05) is 6.54 Å². The van der Waals surface area contributed by atoms with Gasteiger partial charge in [0.05, 0.1) is 19.5 Å². The second-order valence-corrected chi connectivity index (χ2v) is 5.00. The van der Waals surface area contributed by atoms with Crippen LogP contribution < -0.4 is 5.32 Å². The maximum atomic E-state index is 11.2. The first-order valence-electron chi connectivity index (χ1n) is 6.94. The van der Waals surface area contributed by atoms with E-state index in [0.29, 0.717) is 5.82 Å². The molecule has 0 aromatic carbocycles. The number of hydrogen-bond donors (Lipinski definition) is 1. The summed E-state index contributed by atoms with van der Waals surface area (Å²) in [6.45, 7) is 0.906. The Morgan fingerprint density at radius 3 is 2.79 bits per heavy atom. The van der Waals surface area contributed by atoms with E-state index in [-0.39, 0.29) is 5.69 Å². The summed E-state index contributed by atoms with van der Waals surface area (Å²) in [5.41, 5.74) is 0.235. The second-order valence-electron chi connectivity index (χ2n) is 5.00. The molecule has 0 radical (unpaired) electrons. The highest BCUT2D eigenvalue weighted by Crippen LogP contribution is 2.28. The molecular weight excluding hydrogens is 242 g/mol. The Morgan fingerprint density at radius 2 is 2.16 bits per heavy atom. The van der Waals surface area contributed by atoms with Crippen LogP contribution in [0.2, 0.25) is 0 Å². The van der Waals surface area contributed by atoms with Crippen molar-refractivity contribution in [3.8, 4) is 0 Å². The van der Waals surface area contributed by atoms with Crippen molar-refractivity contribution in [3.63, 3.8) is 0 Å². The van der Waals surface area contributed by atoms with Crippen molar-refractivity contribution < 1.29 is 9.53 Å². The second kappa shape index (κ2) is 7.07.